The molecule has 0 saturated carbocycles. The van der Waals surface area contributed by atoms with E-state index >= 15 is 0 Å². The van der Waals surface area contributed by atoms with Crippen LogP contribution in [0.1, 0.15) is 5.56 Å². The number of hydrogen-bond acceptors (Lipinski definition) is 10. The fourth-order valence-electron chi connectivity index (χ4n) is 3.41. The first kappa shape index (κ1) is 20.9. The van der Waals surface area contributed by atoms with Crippen LogP contribution in [0, 0.1) is 15.9 Å². The van der Waals surface area contributed by atoms with Crippen LogP contribution in [0.3, 0.4) is 0 Å². The lowest BCUT2D eigenvalue weighted by Crippen LogP contribution is -2.37. The average molecular weight is 431 g/mol. The van der Waals surface area contributed by atoms with E-state index in [0.29, 0.717) is 63.9 Å². The summed E-state index contributed by atoms with van der Waals surface area (Å²) in [4.78, 5) is 22.9. The van der Waals surface area contributed by atoms with Gasteiger partial charge in [0.25, 0.3) is 5.69 Å². The maximum absolute atomic E-state index is 14.1. The summed E-state index contributed by atoms with van der Waals surface area (Å²) in [5.74, 6) is -0.217. The zero-order valence-corrected chi connectivity index (χ0v) is 16.7. The monoisotopic (exact) mass is 431 g/mol. The number of morpholine rings is 2. The first-order valence-electron chi connectivity index (χ1n) is 9.87. The summed E-state index contributed by atoms with van der Waals surface area (Å²) in [6, 6.07) is 4.91. The van der Waals surface area contributed by atoms with E-state index in [1.54, 1.807) is 17.0 Å². The number of halogens is 1. The third-order valence-corrected chi connectivity index (χ3v) is 4.96. The molecule has 164 valence electrons. The van der Waals surface area contributed by atoms with Gasteiger partial charge in [-0.15, -0.1) is 0 Å². The molecular formula is C19H22FN7O4. The molecule has 11 nitrogen and oxygen atoms in total. The molecule has 31 heavy (non-hydrogen) atoms. The molecule has 0 bridgehead atoms. The highest BCUT2D eigenvalue weighted by Gasteiger charge is 2.22. The minimum absolute atomic E-state index is 0.00140. The van der Waals surface area contributed by atoms with Crippen LogP contribution in [-0.4, -0.2) is 73.7 Å². The molecule has 2 aliphatic rings. The van der Waals surface area contributed by atoms with E-state index in [-0.39, 0.29) is 17.5 Å². The van der Waals surface area contributed by atoms with Crippen molar-refractivity contribution in [3.63, 3.8) is 0 Å². The number of rotatable bonds is 6. The standard InChI is InChI=1S/C19H22FN7O4/c20-15-13-21-19(23-18(15)26-5-9-31-10-6-26)24-22-12-14-1-2-16(17(11-14)27(28)29)25-3-7-30-8-4-25/h1-2,11-13H,3-10H2,(H,21,23,24). The van der Waals surface area contributed by atoms with E-state index in [4.69, 9.17) is 9.47 Å². The molecule has 1 aromatic carbocycles. The van der Waals surface area contributed by atoms with Crippen molar-refractivity contribution in [2.75, 3.05) is 67.8 Å². The van der Waals surface area contributed by atoms with Gasteiger partial charge in [-0.2, -0.15) is 10.1 Å². The van der Waals surface area contributed by atoms with Crippen molar-refractivity contribution in [2.45, 2.75) is 0 Å². The predicted octanol–water partition coefficient (Wildman–Crippen LogP) is 1.64. The Morgan fingerprint density at radius 1 is 1.13 bits per heavy atom. The van der Waals surface area contributed by atoms with Gasteiger partial charge >= 0.3 is 0 Å². The SMILES string of the molecule is O=[N+]([O-])c1cc(C=NNc2ncc(F)c(N3CCOCC3)n2)ccc1N1CCOCC1. The number of nitrogens with zero attached hydrogens (tertiary/aromatic N) is 6. The fourth-order valence-corrected chi connectivity index (χ4v) is 3.41. The summed E-state index contributed by atoms with van der Waals surface area (Å²) in [7, 11) is 0. The Hall–Kier alpha value is -3.38. The van der Waals surface area contributed by atoms with Crippen LogP contribution in [0.5, 0.6) is 0 Å². The number of anilines is 3. The molecule has 3 heterocycles. The molecule has 0 atom stereocenters. The molecule has 0 amide bonds. The Kier molecular flexibility index (Phi) is 6.48. The second-order valence-electron chi connectivity index (χ2n) is 6.94. The van der Waals surface area contributed by atoms with Gasteiger partial charge in [0.15, 0.2) is 11.6 Å². The predicted molar refractivity (Wildman–Crippen MR) is 112 cm³/mol. The molecule has 1 aromatic heterocycles. The van der Waals surface area contributed by atoms with Crippen molar-refractivity contribution in [1.29, 1.82) is 0 Å². The molecule has 1 N–H and O–H groups in total. The molecule has 0 aliphatic carbocycles. The van der Waals surface area contributed by atoms with Crippen molar-refractivity contribution >= 4 is 29.4 Å². The zero-order valence-electron chi connectivity index (χ0n) is 16.7. The molecule has 12 heteroatoms. The zero-order chi connectivity index (χ0) is 21.6. The third kappa shape index (κ3) is 5.03. The lowest BCUT2D eigenvalue weighted by Gasteiger charge is -2.28. The Bertz CT molecular complexity index is 962. The highest BCUT2D eigenvalue weighted by atomic mass is 19.1. The second-order valence-corrected chi connectivity index (χ2v) is 6.94. The summed E-state index contributed by atoms with van der Waals surface area (Å²) >= 11 is 0. The van der Waals surface area contributed by atoms with Crippen LogP contribution < -0.4 is 15.2 Å². The lowest BCUT2D eigenvalue weighted by molar-refractivity contribution is -0.384. The van der Waals surface area contributed by atoms with Crippen molar-refractivity contribution in [3.8, 4) is 0 Å². The van der Waals surface area contributed by atoms with Crippen LogP contribution in [0.25, 0.3) is 0 Å². The van der Waals surface area contributed by atoms with E-state index in [9.17, 15) is 14.5 Å². The molecule has 2 aromatic rings. The van der Waals surface area contributed by atoms with E-state index in [2.05, 4.69) is 20.5 Å². The smallest absolute Gasteiger partial charge is 0.293 e. The van der Waals surface area contributed by atoms with Crippen LogP contribution in [-0.2, 0) is 9.47 Å². The van der Waals surface area contributed by atoms with Gasteiger partial charge in [0.1, 0.15) is 5.69 Å². The van der Waals surface area contributed by atoms with E-state index in [0.717, 1.165) is 6.20 Å². The lowest BCUT2D eigenvalue weighted by atomic mass is 10.1. The molecule has 0 radical (unpaired) electrons. The highest BCUT2D eigenvalue weighted by Crippen LogP contribution is 2.29. The number of ether oxygens (including phenoxy) is 2. The summed E-state index contributed by atoms with van der Waals surface area (Å²) < 4.78 is 24.7. The minimum atomic E-state index is -0.522. The van der Waals surface area contributed by atoms with Gasteiger partial charge in [-0.25, -0.2) is 14.8 Å². The van der Waals surface area contributed by atoms with Crippen molar-refractivity contribution in [3.05, 3.63) is 45.9 Å². The number of nitrogens with one attached hydrogen (secondary N) is 1. The molecule has 2 aliphatic heterocycles. The maximum atomic E-state index is 14.1. The summed E-state index contributed by atoms with van der Waals surface area (Å²) in [5, 5.41) is 15.6. The molecule has 0 spiro atoms. The maximum Gasteiger partial charge on any atom is 0.293 e. The van der Waals surface area contributed by atoms with Crippen molar-refractivity contribution in [1.82, 2.24) is 9.97 Å². The van der Waals surface area contributed by atoms with Crippen LogP contribution in [0.4, 0.5) is 27.5 Å². The molecule has 2 saturated heterocycles. The number of benzene rings is 1. The van der Waals surface area contributed by atoms with Gasteiger partial charge in [0, 0.05) is 37.8 Å². The van der Waals surface area contributed by atoms with E-state index in [1.807, 2.05) is 4.90 Å². The minimum Gasteiger partial charge on any atom is -0.378 e. The van der Waals surface area contributed by atoms with Gasteiger partial charge in [-0.3, -0.25) is 10.1 Å². The van der Waals surface area contributed by atoms with Gasteiger partial charge in [-0.05, 0) is 6.07 Å². The summed E-state index contributed by atoms with van der Waals surface area (Å²) in [5.41, 5.74) is 3.74. The summed E-state index contributed by atoms with van der Waals surface area (Å²) in [6.45, 7) is 4.36. The van der Waals surface area contributed by atoms with Crippen LogP contribution in [0.2, 0.25) is 0 Å². The van der Waals surface area contributed by atoms with Gasteiger partial charge in [0.2, 0.25) is 5.95 Å². The highest BCUT2D eigenvalue weighted by molar-refractivity contribution is 5.83. The first-order chi connectivity index (χ1) is 15.1. The Morgan fingerprint density at radius 3 is 2.48 bits per heavy atom. The van der Waals surface area contributed by atoms with Crippen molar-refractivity contribution < 1.29 is 18.8 Å². The molecule has 4 rings (SSSR count). The number of hydrazone groups is 1. The Labute approximate surface area is 177 Å². The molecule has 2 fully saturated rings. The quantitative estimate of drug-likeness (QED) is 0.414. The second kappa shape index (κ2) is 9.62. The van der Waals surface area contributed by atoms with Gasteiger partial charge in [0.05, 0.1) is 43.8 Å². The number of aromatic nitrogens is 2. The number of nitro benzene ring substituents is 1. The molecule has 0 unspecified atom stereocenters. The Balaban J connectivity index is 1.47. The summed E-state index contributed by atoms with van der Waals surface area (Å²) in [6.07, 6.45) is 2.51. The van der Waals surface area contributed by atoms with Crippen molar-refractivity contribution in [2.24, 2.45) is 5.10 Å². The third-order valence-electron chi connectivity index (χ3n) is 4.96. The normalized spacial score (nSPS) is 17.2. The van der Waals surface area contributed by atoms with Crippen LogP contribution in [0.15, 0.2) is 29.5 Å². The van der Waals surface area contributed by atoms with Gasteiger partial charge in [-0.1, -0.05) is 6.07 Å². The topological polar surface area (TPSA) is 118 Å². The van der Waals surface area contributed by atoms with E-state index < -0.39 is 10.7 Å². The number of nitro groups is 1. The largest absolute Gasteiger partial charge is 0.378 e. The van der Waals surface area contributed by atoms with Gasteiger partial charge < -0.3 is 19.3 Å². The Morgan fingerprint density at radius 2 is 1.81 bits per heavy atom. The van der Waals surface area contributed by atoms with Crippen LogP contribution >= 0.6 is 0 Å². The first-order valence-corrected chi connectivity index (χ1v) is 9.87. The average Bonchev–Trinajstić information content (AvgIpc) is 2.81. The fraction of sp³-hybridized carbons (Fsp3) is 0.421. The number of hydrogen-bond donors (Lipinski definition) is 1. The molecular weight excluding hydrogens is 409 g/mol. The van der Waals surface area contributed by atoms with E-state index in [1.165, 1.54) is 12.3 Å².